The van der Waals surface area contributed by atoms with Gasteiger partial charge >= 0.3 is 0 Å². The third kappa shape index (κ3) is 7.77. The first kappa shape index (κ1) is 23.1. The zero-order chi connectivity index (χ0) is 17.9. The molecule has 0 amide bonds. The average Bonchev–Trinajstić information content (AvgIpc) is 2.66. The summed E-state index contributed by atoms with van der Waals surface area (Å²) in [6.45, 7) is 11.3. The van der Waals surface area contributed by atoms with Crippen molar-refractivity contribution in [3.8, 4) is 0 Å². The van der Waals surface area contributed by atoms with Crippen molar-refractivity contribution in [2.24, 2.45) is 4.99 Å². The van der Waals surface area contributed by atoms with Crippen molar-refractivity contribution < 1.29 is 4.74 Å². The van der Waals surface area contributed by atoms with Crippen LogP contribution in [0.4, 0.5) is 0 Å². The lowest BCUT2D eigenvalue weighted by molar-refractivity contribution is 0.131. The highest BCUT2D eigenvalue weighted by Crippen LogP contribution is 2.13. The van der Waals surface area contributed by atoms with Gasteiger partial charge in [0.05, 0.1) is 6.61 Å². The first-order valence-electron chi connectivity index (χ1n) is 9.21. The molecule has 6 nitrogen and oxygen atoms in total. The van der Waals surface area contributed by atoms with Gasteiger partial charge in [0.15, 0.2) is 5.96 Å². The number of aliphatic imine (C=N–C) groups is 1. The lowest BCUT2D eigenvalue weighted by Gasteiger charge is -2.34. The highest BCUT2D eigenvalue weighted by Gasteiger charge is 2.16. The molecule has 148 valence electrons. The van der Waals surface area contributed by atoms with Crippen LogP contribution in [0.5, 0.6) is 0 Å². The van der Waals surface area contributed by atoms with E-state index in [4.69, 9.17) is 4.74 Å². The molecule has 0 aliphatic carbocycles. The van der Waals surface area contributed by atoms with Crippen molar-refractivity contribution in [3.63, 3.8) is 0 Å². The van der Waals surface area contributed by atoms with Crippen LogP contribution in [-0.4, -0.2) is 75.8 Å². The molecule has 0 saturated carbocycles. The first-order valence-corrected chi connectivity index (χ1v) is 9.21. The van der Waals surface area contributed by atoms with Crippen LogP contribution in [0, 0.1) is 0 Å². The van der Waals surface area contributed by atoms with Crippen LogP contribution in [0.15, 0.2) is 29.3 Å². The van der Waals surface area contributed by atoms with Crippen molar-refractivity contribution in [2.45, 2.75) is 20.0 Å². The maximum Gasteiger partial charge on any atom is 0.191 e. The van der Waals surface area contributed by atoms with E-state index in [0.717, 1.165) is 45.2 Å². The van der Waals surface area contributed by atoms with E-state index in [1.165, 1.54) is 24.2 Å². The van der Waals surface area contributed by atoms with E-state index in [9.17, 15) is 0 Å². The van der Waals surface area contributed by atoms with Gasteiger partial charge in [-0.25, -0.2) is 0 Å². The maximum atomic E-state index is 5.06. The quantitative estimate of drug-likeness (QED) is 0.260. The number of guanidine groups is 1. The van der Waals surface area contributed by atoms with Gasteiger partial charge in [-0.2, -0.15) is 0 Å². The number of hydrogen-bond acceptors (Lipinski definition) is 4. The summed E-state index contributed by atoms with van der Waals surface area (Å²) in [6, 6.07) is 8.68. The first-order chi connectivity index (χ1) is 12.3. The largest absolute Gasteiger partial charge is 0.383 e. The van der Waals surface area contributed by atoms with Crippen LogP contribution < -0.4 is 10.6 Å². The molecular formula is C19H34IN5O. The van der Waals surface area contributed by atoms with Gasteiger partial charge in [0.25, 0.3) is 0 Å². The predicted octanol–water partition coefficient (Wildman–Crippen LogP) is 1.75. The zero-order valence-electron chi connectivity index (χ0n) is 16.3. The van der Waals surface area contributed by atoms with Crippen LogP contribution in [0.1, 0.15) is 18.1 Å². The fourth-order valence-corrected chi connectivity index (χ4v) is 3.06. The molecule has 1 aliphatic rings. The van der Waals surface area contributed by atoms with Crippen LogP contribution in [-0.2, 0) is 17.8 Å². The molecule has 1 aliphatic heterocycles. The molecule has 0 spiro atoms. The zero-order valence-corrected chi connectivity index (χ0v) is 18.7. The van der Waals surface area contributed by atoms with Crippen LogP contribution in [0.2, 0.25) is 0 Å². The molecule has 7 heteroatoms. The monoisotopic (exact) mass is 475 g/mol. The summed E-state index contributed by atoms with van der Waals surface area (Å²) in [6.07, 6.45) is 0. The Bertz CT molecular complexity index is 532. The van der Waals surface area contributed by atoms with Crippen molar-refractivity contribution >= 4 is 29.9 Å². The summed E-state index contributed by atoms with van der Waals surface area (Å²) >= 11 is 0. The number of nitrogens with one attached hydrogen (secondary N) is 2. The molecule has 0 atom stereocenters. The number of hydrogen-bond donors (Lipinski definition) is 2. The van der Waals surface area contributed by atoms with Crippen molar-refractivity contribution in [1.82, 2.24) is 20.4 Å². The predicted molar refractivity (Wildman–Crippen MR) is 119 cm³/mol. The summed E-state index contributed by atoms with van der Waals surface area (Å²) in [4.78, 5) is 9.33. The van der Waals surface area contributed by atoms with E-state index in [1.807, 2.05) is 0 Å². The van der Waals surface area contributed by atoms with Gasteiger partial charge in [-0.1, -0.05) is 31.2 Å². The Kier molecular flexibility index (Phi) is 11.8. The Hall–Kier alpha value is -0.900. The molecule has 1 saturated heterocycles. The molecule has 2 N–H and O–H groups in total. The van der Waals surface area contributed by atoms with Gasteiger partial charge in [0.1, 0.15) is 0 Å². The molecule has 1 aromatic rings. The number of methoxy groups -OCH3 is 1. The highest BCUT2D eigenvalue weighted by molar-refractivity contribution is 14.0. The molecule has 0 bridgehead atoms. The number of nitrogens with zero attached hydrogens (tertiary/aromatic N) is 3. The molecule has 2 rings (SSSR count). The molecule has 26 heavy (non-hydrogen) atoms. The molecule has 0 radical (unpaired) electrons. The Labute approximate surface area is 175 Å². The maximum absolute atomic E-state index is 5.06. The number of rotatable bonds is 8. The number of ether oxygens (including phenoxy) is 1. The van der Waals surface area contributed by atoms with E-state index in [0.29, 0.717) is 6.61 Å². The third-order valence-corrected chi connectivity index (χ3v) is 4.69. The van der Waals surface area contributed by atoms with Crippen LogP contribution >= 0.6 is 24.0 Å². The lowest BCUT2D eigenvalue weighted by atomic mass is 10.1. The van der Waals surface area contributed by atoms with Crippen molar-refractivity contribution in [1.29, 1.82) is 0 Å². The van der Waals surface area contributed by atoms with Crippen LogP contribution in [0.3, 0.4) is 0 Å². The molecule has 1 fully saturated rings. The number of piperazine rings is 1. The Morgan fingerprint density at radius 2 is 1.73 bits per heavy atom. The fraction of sp³-hybridized carbons (Fsp3) is 0.632. The van der Waals surface area contributed by atoms with Crippen molar-refractivity contribution in [3.05, 3.63) is 35.4 Å². The SMILES string of the molecule is CCN1CCN(Cc2ccccc2CNC(=NC)NCCOC)CC1.I. The highest BCUT2D eigenvalue weighted by atomic mass is 127. The summed E-state index contributed by atoms with van der Waals surface area (Å²) in [5, 5.41) is 6.65. The van der Waals surface area contributed by atoms with Gasteiger partial charge in [-0.15, -0.1) is 24.0 Å². The fourth-order valence-electron chi connectivity index (χ4n) is 3.06. The molecule has 1 heterocycles. The normalized spacial score (nSPS) is 16.2. The second kappa shape index (κ2) is 13.3. The minimum atomic E-state index is 0. The average molecular weight is 475 g/mol. The van der Waals surface area contributed by atoms with Crippen molar-refractivity contribution in [2.75, 3.05) is 60.0 Å². The van der Waals surface area contributed by atoms with E-state index in [-0.39, 0.29) is 24.0 Å². The minimum absolute atomic E-state index is 0. The van der Waals surface area contributed by atoms with E-state index < -0.39 is 0 Å². The summed E-state index contributed by atoms with van der Waals surface area (Å²) in [7, 11) is 3.50. The molecule has 0 unspecified atom stereocenters. The topological polar surface area (TPSA) is 52.1 Å². The molecule has 1 aromatic carbocycles. The minimum Gasteiger partial charge on any atom is -0.383 e. The van der Waals surface area contributed by atoms with Crippen LogP contribution in [0.25, 0.3) is 0 Å². The van der Waals surface area contributed by atoms with Gasteiger partial charge in [-0.3, -0.25) is 9.89 Å². The second-order valence-electron chi connectivity index (χ2n) is 6.32. The lowest BCUT2D eigenvalue weighted by Crippen LogP contribution is -2.45. The number of likely N-dealkylation sites (N-methyl/N-ethyl adjacent to an activating group) is 1. The third-order valence-electron chi connectivity index (χ3n) is 4.69. The molecular weight excluding hydrogens is 441 g/mol. The summed E-state index contributed by atoms with van der Waals surface area (Å²) in [5.41, 5.74) is 2.72. The Morgan fingerprint density at radius 1 is 1.08 bits per heavy atom. The summed E-state index contributed by atoms with van der Waals surface area (Å²) in [5.74, 6) is 0.809. The second-order valence-corrected chi connectivity index (χ2v) is 6.32. The van der Waals surface area contributed by atoms with Gasteiger partial charge in [-0.05, 0) is 17.7 Å². The smallest absolute Gasteiger partial charge is 0.191 e. The van der Waals surface area contributed by atoms with Gasteiger partial charge in [0.2, 0.25) is 0 Å². The standard InChI is InChI=1S/C19H33N5O.HI/c1-4-23-10-12-24(13-11-23)16-18-8-6-5-7-17(18)15-22-19(20-2)21-9-14-25-3;/h5-8H,4,9-16H2,1-3H3,(H2,20,21,22);1H. The van der Waals surface area contributed by atoms with E-state index in [2.05, 4.69) is 56.6 Å². The van der Waals surface area contributed by atoms with E-state index in [1.54, 1.807) is 14.2 Å². The molecule has 0 aromatic heterocycles. The number of halogens is 1. The Morgan fingerprint density at radius 3 is 2.35 bits per heavy atom. The summed E-state index contributed by atoms with van der Waals surface area (Å²) < 4.78 is 5.06. The number of benzene rings is 1. The van der Waals surface area contributed by atoms with E-state index >= 15 is 0 Å². The Balaban J connectivity index is 0.00000338. The van der Waals surface area contributed by atoms with Gasteiger partial charge in [0, 0.05) is 60.0 Å². The van der Waals surface area contributed by atoms with Gasteiger partial charge < -0.3 is 20.3 Å².